The van der Waals surface area contributed by atoms with E-state index >= 15 is 0 Å². The highest BCUT2D eigenvalue weighted by Crippen LogP contribution is 2.10. The van der Waals surface area contributed by atoms with E-state index in [0.29, 0.717) is 190 Å². The van der Waals surface area contributed by atoms with Crippen molar-refractivity contribution in [3.05, 3.63) is 48.0 Å². The van der Waals surface area contributed by atoms with E-state index in [2.05, 4.69) is 15.8 Å². The van der Waals surface area contributed by atoms with Crippen LogP contribution in [-0.4, -0.2) is 206 Å². The number of hydrazone groups is 1. The number of carbonyl (C=O) groups excluding carboxylic acids is 4. The zero-order chi connectivity index (χ0) is 45.8. The highest BCUT2D eigenvalue weighted by atomic mass is 16.6. The first-order valence-corrected chi connectivity index (χ1v) is 22.1. The van der Waals surface area contributed by atoms with Gasteiger partial charge < -0.3 is 62.2 Å². The second-order valence-corrected chi connectivity index (χ2v) is 13.7. The zero-order valence-electron chi connectivity index (χ0n) is 37.7. The summed E-state index contributed by atoms with van der Waals surface area (Å²) >= 11 is 0. The molecule has 64 heavy (non-hydrogen) atoms. The monoisotopic (exact) mass is 912 g/mol. The number of hydrogen-bond acceptors (Lipinski definition) is 17. The predicted octanol–water partition coefficient (Wildman–Crippen LogP) is 1.33. The third kappa shape index (κ3) is 32.8. The Hall–Kier alpha value is -3.77. The fraction of sp³-hybridized carbons (Fsp3) is 0.705. The number of carbonyl (C=O) groups is 4. The fourth-order valence-electron chi connectivity index (χ4n) is 5.32. The summed E-state index contributed by atoms with van der Waals surface area (Å²) in [5, 5.41) is 7.16. The maximum atomic E-state index is 12.4. The summed E-state index contributed by atoms with van der Waals surface area (Å²) in [4.78, 5) is 49.1. The van der Waals surface area contributed by atoms with Crippen LogP contribution in [0.4, 0.5) is 0 Å². The molecule has 1 aromatic carbocycles. The van der Waals surface area contributed by atoms with Gasteiger partial charge in [0.1, 0.15) is 0 Å². The first-order chi connectivity index (χ1) is 31.5. The number of benzene rings is 1. The van der Waals surface area contributed by atoms with Crippen LogP contribution in [0.1, 0.15) is 37.7 Å². The second kappa shape index (κ2) is 41.9. The molecule has 2 N–H and O–H groups in total. The van der Waals surface area contributed by atoms with E-state index in [9.17, 15) is 19.2 Å². The van der Waals surface area contributed by atoms with Gasteiger partial charge >= 0.3 is 0 Å². The van der Waals surface area contributed by atoms with Crippen molar-refractivity contribution in [2.45, 2.75) is 32.1 Å². The van der Waals surface area contributed by atoms with Gasteiger partial charge in [-0.25, -0.2) is 5.43 Å². The van der Waals surface area contributed by atoms with Crippen LogP contribution in [0.2, 0.25) is 0 Å². The number of amides is 4. The van der Waals surface area contributed by atoms with Gasteiger partial charge in [0.25, 0.3) is 11.8 Å². The van der Waals surface area contributed by atoms with Crippen LogP contribution in [0.25, 0.3) is 0 Å². The molecule has 2 rings (SSSR count). The highest BCUT2D eigenvalue weighted by Gasteiger charge is 2.23. The van der Waals surface area contributed by atoms with E-state index in [0.717, 1.165) is 10.5 Å². The standard InChI is InChI=1S/C44H72N4O16/c1-53-17-18-55-21-22-57-25-26-59-29-30-61-33-34-63-37-38-64-36-35-62-32-31-60-28-27-58-24-23-56-20-19-54-16-14-45-41(49)10-6-5-9-40(39-7-3-2-4-8-39)46-47-42(50)13-15-48-43(51)11-12-44(48)52/h2-4,7-8,11-12H,5-6,9-10,13-38H2,1H3,(H,45,49)(H,47,50)/b46-40-. The van der Waals surface area contributed by atoms with Gasteiger partial charge in [0.2, 0.25) is 11.8 Å². The molecular weight excluding hydrogens is 840 g/mol. The molecule has 364 valence electrons. The molecule has 1 aliphatic heterocycles. The summed E-state index contributed by atoms with van der Waals surface area (Å²) in [6.45, 7) is 11.5. The van der Waals surface area contributed by atoms with Crippen LogP contribution in [0.15, 0.2) is 47.6 Å². The molecule has 0 bridgehead atoms. The summed E-state index contributed by atoms with van der Waals surface area (Å²) in [7, 11) is 1.64. The van der Waals surface area contributed by atoms with Crippen LogP contribution < -0.4 is 10.7 Å². The van der Waals surface area contributed by atoms with Crippen LogP contribution in [0.5, 0.6) is 0 Å². The largest absolute Gasteiger partial charge is 0.382 e. The molecule has 0 unspecified atom stereocenters. The number of rotatable bonds is 46. The Balaban J connectivity index is 1.27. The number of nitrogens with zero attached hydrogens (tertiary/aromatic N) is 2. The molecule has 0 fully saturated rings. The number of unbranched alkanes of at least 4 members (excludes halogenated alkanes) is 1. The number of methoxy groups -OCH3 is 1. The lowest BCUT2D eigenvalue weighted by Crippen LogP contribution is -2.34. The molecule has 1 heterocycles. The van der Waals surface area contributed by atoms with E-state index in [1.807, 2.05) is 30.3 Å². The van der Waals surface area contributed by atoms with Crippen molar-refractivity contribution in [3.63, 3.8) is 0 Å². The summed E-state index contributed by atoms with van der Waals surface area (Å²) in [5.41, 5.74) is 4.05. The van der Waals surface area contributed by atoms with E-state index in [1.54, 1.807) is 7.11 Å². The van der Waals surface area contributed by atoms with E-state index in [1.165, 1.54) is 12.2 Å². The topological polar surface area (TPSA) is 219 Å². The zero-order valence-corrected chi connectivity index (χ0v) is 37.7. The minimum absolute atomic E-state index is 0.0203. The van der Waals surface area contributed by atoms with Gasteiger partial charge in [-0.1, -0.05) is 30.3 Å². The number of ether oxygens (including phenoxy) is 12. The molecule has 1 aliphatic rings. The van der Waals surface area contributed by atoms with Gasteiger partial charge in [0.05, 0.1) is 158 Å². The maximum absolute atomic E-state index is 12.4. The Kier molecular flexibility index (Phi) is 36.9. The molecule has 0 radical (unpaired) electrons. The molecular formula is C44H72N4O16. The average Bonchev–Trinajstić information content (AvgIpc) is 3.63. The minimum Gasteiger partial charge on any atom is -0.382 e. The van der Waals surface area contributed by atoms with Crippen molar-refractivity contribution in [1.82, 2.24) is 15.6 Å². The van der Waals surface area contributed by atoms with Crippen LogP contribution in [0.3, 0.4) is 0 Å². The minimum atomic E-state index is -0.435. The molecule has 20 heteroatoms. The molecule has 0 saturated heterocycles. The van der Waals surface area contributed by atoms with E-state index in [4.69, 9.17) is 56.8 Å². The highest BCUT2D eigenvalue weighted by molar-refractivity contribution is 6.13. The Morgan fingerprint density at radius 2 is 0.859 bits per heavy atom. The molecule has 1 aromatic rings. The summed E-state index contributed by atoms with van der Waals surface area (Å²) in [6.07, 6.45) is 4.50. The molecule has 4 amide bonds. The molecule has 0 saturated carbocycles. The van der Waals surface area contributed by atoms with Crippen molar-refractivity contribution in [1.29, 1.82) is 0 Å². The summed E-state index contributed by atoms with van der Waals surface area (Å²) < 4.78 is 65.1. The van der Waals surface area contributed by atoms with Crippen molar-refractivity contribution in [2.75, 3.05) is 172 Å². The molecule has 0 atom stereocenters. The Morgan fingerprint density at radius 3 is 1.27 bits per heavy atom. The number of nitrogens with one attached hydrogen (secondary N) is 2. The van der Waals surface area contributed by atoms with Gasteiger partial charge in [-0.3, -0.25) is 24.1 Å². The predicted molar refractivity (Wildman–Crippen MR) is 234 cm³/mol. The van der Waals surface area contributed by atoms with E-state index < -0.39 is 17.7 Å². The van der Waals surface area contributed by atoms with E-state index in [-0.39, 0.29) is 18.9 Å². The fourth-order valence-corrected chi connectivity index (χ4v) is 5.32. The molecule has 0 aromatic heterocycles. The van der Waals surface area contributed by atoms with Crippen molar-refractivity contribution in [2.24, 2.45) is 5.10 Å². The van der Waals surface area contributed by atoms with Crippen LogP contribution in [0, 0.1) is 0 Å². The lowest BCUT2D eigenvalue weighted by atomic mass is 10.0. The lowest BCUT2D eigenvalue weighted by Gasteiger charge is -2.13. The quantitative estimate of drug-likeness (QED) is 0.0408. The molecule has 0 aliphatic carbocycles. The number of imide groups is 1. The second-order valence-electron chi connectivity index (χ2n) is 13.7. The first kappa shape index (κ1) is 56.4. The van der Waals surface area contributed by atoms with Gasteiger partial charge in [-0.15, -0.1) is 0 Å². The van der Waals surface area contributed by atoms with Crippen molar-refractivity contribution in [3.8, 4) is 0 Å². The van der Waals surface area contributed by atoms with Crippen molar-refractivity contribution < 1.29 is 76.0 Å². The van der Waals surface area contributed by atoms with Gasteiger partial charge in [0, 0.05) is 45.2 Å². The Labute approximate surface area is 377 Å². The Morgan fingerprint density at radius 1 is 0.484 bits per heavy atom. The lowest BCUT2D eigenvalue weighted by molar-refractivity contribution is -0.137. The smallest absolute Gasteiger partial charge is 0.253 e. The Bertz CT molecular complexity index is 1370. The third-order valence-corrected chi connectivity index (χ3v) is 8.67. The first-order valence-electron chi connectivity index (χ1n) is 22.1. The molecule has 20 nitrogen and oxygen atoms in total. The normalized spacial score (nSPS) is 12.8. The number of hydrogen-bond donors (Lipinski definition) is 2. The van der Waals surface area contributed by atoms with Crippen LogP contribution in [-0.2, 0) is 76.0 Å². The molecule has 0 spiro atoms. The SMILES string of the molecule is COCCOCCOCCOCCOCCOCCOCCOCCOCCOCCOCCOCCNC(=O)CCCC/C(=N/NC(=O)CCN1C(=O)C=CC1=O)c1ccccc1. The third-order valence-electron chi connectivity index (χ3n) is 8.67. The van der Waals surface area contributed by atoms with Crippen molar-refractivity contribution >= 4 is 29.3 Å². The van der Waals surface area contributed by atoms with Gasteiger partial charge in [0.15, 0.2) is 0 Å². The van der Waals surface area contributed by atoms with Gasteiger partial charge in [-0.05, 0) is 24.8 Å². The average molecular weight is 913 g/mol. The maximum Gasteiger partial charge on any atom is 0.253 e. The summed E-state index contributed by atoms with van der Waals surface area (Å²) in [6, 6.07) is 9.42. The van der Waals surface area contributed by atoms with Crippen LogP contribution >= 0.6 is 0 Å². The summed E-state index contributed by atoms with van der Waals surface area (Å²) in [5.74, 6) is -1.35. The van der Waals surface area contributed by atoms with Gasteiger partial charge in [-0.2, -0.15) is 5.10 Å².